The van der Waals surface area contributed by atoms with E-state index in [9.17, 15) is 20.1 Å². The first-order valence-corrected chi connectivity index (χ1v) is 6.54. The van der Waals surface area contributed by atoms with E-state index in [4.69, 9.17) is 19.3 Å². The second-order valence-corrected chi connectivity index (χ2v) is 5.67. The van der Waals surface area contributed by atoms with E-state index in [1.54, 1.807) is 20.8 Å². The molecule has 1 aliphatic rings. The van der Waals surface area contributed by atoms with Crippen LogP contribution in [0.2, 0.25) is 0 Å². The van der Waals surface area contributed by atoms with Crippen LogP contribution in [0.1, 0.15) is 20.8 Å². The highest BCUT2D eigenvalue weighted by atomic mass is 16.7. The Labute approximate surface area is 122 Å². The van der Waals surface area contributed by atoms with Gasteiger partial charge in [0.2, 0.25) is 0 Å². The van der Waals surface area contributed by atoms with E-state index in [0.29, 0.717) is 0 Å². The molecule has 0 aromatic heterocycles. The lowest BCUT2D eigenvalue weighted by molar-refractivity contribution is -0.294. The summed E-state index contributed by atoms with van der Waals surface area (Å²) in [5.74, 6) is 0. The first kappa shape index (κ1) is 18.1. The average Bonchev–Trinajstić information content (AvgIpc) is 2.36. The minimum absolute atomic E-state index is 0.532. The molecule has 3 unspecified atom stereocenters. The fraction of sp³-hybridized carbons (Fsp3) is 0.917. The first-order chi connectivity index (χ1) is 9.69. The van der Waals surface area contributed by atoms with Gasteiger partial charge in [-0.2, -0.15) is 0 Å². The number of aliphatic hydroxyl groups excluding tert-OH is 4. The number of ether oxygens (including phenoxy) is 3. The largest absolute Gasteiger partial charge is 0.444 e. The molecule has 0 bridgehead atoms. The number of nitrogens with one attached hydrogen (secondary N) is 1. The van der Waals surface area contributed by atoms with E-state index in [1.165, 1.54) is 0 Å². The molecule has 0 aromatic rings. The van der Waals surface area contributed by atoms with E-state index < -0.39 is 55.7 Å². The van der Waals surface area contributed by atoms with Gasteiger partial charge in [0.05, 0.1) is 12.6 Å². The van der Waals surface area contributed by atoms with Crippen LogP contribution in [0.3, 0.4) is 0 Å². The molecule has 9 nitrogen and oxygen atoms in total. The molecule has 1 heterocycles. The Morgan fingerprint density at radius 1 is 1.24 bits per heavy atom. The summed E-state index contributed by atoms with van der Waals surface area (Å²) in [6.45, 7) is 3.75. The Balaban J connectivity index is 2.73. The molecule has 124 valence electrons. The van der Waals surface area contributed by atoms with E-state index in [1.807, 2.05) is 0 Å². The van der Waals surface area contributed by atoms with Crippen LogP contribution in [0.25, 0.3) is 0 Å². The molecule has 1 rings (SSSR count). The van der Waals surface area contributed by atoms with E-state index >= 15 is 0 Å². The molecule has 0 aromatic carbocycles. The zero-order valence-electron chi connectivity index (χ0n) is 12.2. The third-order valence-corrected chi connectivity index (χ3v) is 2.81. The second kappa shape index (κ2) is 7.34. The molecule has 5 N–H and O–H groups in total. The molecule has 0 saturated carbocycles. The van der Waals surface area contributed by atoms with Gasteiger partial charge in [-0.15, -0.1) is 0 Å². The fourth-order valence-electron chi connectivity index (χ4n) is 1.92. The van der Waals surface area contributed by atoms with Crippen molar-refractivity contribution in [1.82, 2.24) is 5.32 Å². The summed E-state index contributed by atoms with van der Waals surface area (Å²) in [6, 6.07) is -1.08. The molecular weight excluding hydrogens is 286 g/mol. The van der Waals surface area contributed by atoms with E-state index in [-0.39, 0.29) is 0 Å². The number of carbonyl (C=O) groups is 1. The molecule has 0 radical (unpaired) electrons. The Morgan fingerprint density at radius 2 is 1.86 bits per heavy atom. The zero-order chi connectivity index (χ0) is 16.2. The third kappa shape index (κ3) is 5.06. The molecule has 0 spiro atoms. The highest BCUT2D eigenvalue weighted by Crippen LogP contribution is 2.22. The van der Waals surface area contributed by atoms with E-state index in [0.717, 1.165) is 0 Å². The Bertz CT molecular complexity index is 343. The van der Waals surface area contributed by atoms with Crippen molar-refractivity contribution in [3.63, 3.8) is 0 Å². The molecule has 21 heavy (non-hydrogen) atoms. The van der Waals surface area contributed by atoms with Crippen molar-refractivity contribution >= 4 is 6.09 Å². The van der Waals surface area contributed by atoms with Crippen molar-refractivity contribution in [2.24, 2.45) is 0 Å². The number of aliphatic hydroxyl groups is 4. The highest BCUT2D eigenvalue weighted by Gasteiger charge is 2.45. The van der Waals surface area contributed by atoms with Crippen LogP contribution in [-0.4, -0.2) is 76.2 Å². The summed E-state index contributed by atoms with van der Waals surface area (Å²) in [6.07, 6.45) is -6.10. The summed E-state index contributed by atoms with van der Waals surface area (Å²) in [5, 5.41) is 40.1. The van der Waals surface area contributed by atoms with Gasteiger partial charge in [-0.1, -0.05) is 0 Å². The number of rotatable bonds is 4. The van der Waals surface area contributed by atoms with Gasteiger partial charge in [-0.3, -0.25) is 0 Å². The highest BCUT2D eigenvalue weighted by molar-refractivity contribution is 5.68. The lowest BCUT2D eigenvalue weighted by Gasteiger charge is -2.41. The van der Waals surface area contributed by atoms with Gasteiger partial charge in [0, 0.05) is 0 Å². The SMILES string of the molecule is CC(C)(C)OC(=O)N[C@@H]1C(CO)O[C@H](OCO)C(O)C1O. The van der Waals surface area contributed by atoms with Gasteiger partial charge in [0.15, 0.2) is 6.29 Å². The van der Waals surface area contributed by atoms with Gasteiger partial charge >= 0.3 is 6.09 Å². The summed E-state index contributed by atoms with van der Waals surface area (Å²) in [7, 11) is 0. The van der Waals surface area contributed by atoms with Gasteiger partial charge in [0.1, 0.15) is 30.7 Å². The van der Waals surface area contributed by atoms with Crippen molar-refractivity contribution in [3.8, 4) is 0 Å². The number of hydrogen-bond acceptors (Lipinski definition) is 8. The fourth-order valence-corrected chi connectivity index (χ4v) is 1.92. The topological polar surface area (TPSA) is 138 Å². The van der Waals surface area contributed by atoms with Crippen LogP contribution in [0, 0.1) is 0 Å². The Kier molecular flexibility index (Phi) is 6.32. The average molecular weight is 309 g/mol. The van der Waals surface area contributed by atoms with Crippen LogP contribution in [-0.2, 0) is 14.2 Å². The van der Waals surface area contributed by atoms with Gasteiger partial charge in [-0.25, -0.2) is 4.79 Å². The summed E-state index contributed by atoms with van der Waals surface area (Å²) in [4.78, 5) is 11.7. The minimum Gasteiger partial charge on any atom is -0.444 e. The maximum Gasteiger partial charge on any atom is 0.408 e. The van der Waals surface area contributed by atoms with Crippen molar-refractivity contribution in [3.05, 3.63) is 0 Å². The van der Waals surface area contributed by atoms with E-state index in [2.05, 4.69) is 5.32 Å². The molecule has 5 atom stereocenters. The molecular formula is C12H23NO8. The third-order valence-electron chi connectivity index (χ3n) is 2.81. The molecule has 1 aliphatic heterocycles. The van der Waals surface area contributed by atoms with Crippen LogP contribution in [0.15, 0.2) is 0 Å². The number of alkyl carbamates (subject to hydrolysis) is 1. The maximum absolute atomic E-state index is 11.7. The maximum atomic E-state index is 11.7. The van der Waals surface area contributed by atoms with Gasteiger partial charge in [0.25, 0.3) is 0 Å². The Hall–Kier alpha value is -0.970. The van der Waals surface area contributed by atoms with Crippen LogP contribution >= 0.6 is 0 Å². The summed E-state index contributed by atoms with van der Waals surface area (Å²) >= 11 is 0. The van der Waals surface area contributed by atoms with Crippen LogP contribution in [0.4, 0.5) is 4.79 Å². The molecule has 1 saturated heterocycles. The number of amides is 1. The lowest BCUT2D eigenvalue weighted by Crippen LogP contribution is -2.65. The van der Waals surface area contributed by atoms with Crippen molar-refractivity contribution in [2.45, 2.75) is 57.0 Å². The molecule has 9 heteroatoms. The monoisotopic (exact) mass is 309 g/mol. The van der Waals surface area contributed by atoms with Gasteiger partial charge in [-0.05, 0) is 20.8 Å². The number of carbonyl (C=O) groups excluding carboxylic acids is 1. The zero-order valence-corrected chi connectivity index (χ0v) is 12.2. The second-order valence-electron chi connectivity index (χ2n) is 5.67. The normalized spacial score (nSPS) is 33.6. The minimum atomic E-state index is -1.50. The van der Waals surface area contributed by atoms with Gasteiger partial charge < -0.3 is 40.0 Å². The quantitative estimate of drug-likeness (QED) is 0.387. The molecule has 1 fully saturated rings. The lowest BCUT2D eigenvalue weighted by atomic mass is 9.96. The van der Waals surface area contributed by atoms with Crippen molar-refractivity contribution in [2.75, 3.05) is 13.4 Å². The van der Waals surface area contributed by atoms with Crippen molar-refractivity contribution in [1.29, 1.82) is 0 Å². The van der Waals surface area contributed by atoms with Crippen molar-refractivity contribution < 1.29 is 39.4 Å². The summed E-state index contributed by atoms with van der Waals surface area (Å²) < 4.78 is 14.9. The smallest absolute Gasteiger partial charge is 0.408 e. The first-order valence-electron chi connectivity index (χ1n) is 6.54. The van der Waals surface area contributed by atoms with Crippen LogP contribution in [0.5, 0.6) is 0 Å². The number of hydrogen-bond donors (Lipinski definition) is 5. The predicted octanol–water partition coefficient (Wildman–Crippen LogP) is -1.71. The Morgan fingerprint density at radius 3 is 2.33 bits per heavy atom. The standard InChI is InChI=1S/C12H23NO8/c1-12(2,3)21-11(18)13-7-6(4-14)20-10(19-5-15)9(17)8(7)16/h6-10,14-17H,4-5H2,1-3H3,(H,13,18)/t6?,7-,8?,9?,10+/m1/s1. The predicted molar refractivity (Wildman–Crippen MR) is 69.1 cm³/mol. The summed E-state index contributed by atoms with van der Waals surface area (Å²) in [5.41, 5.74) is -0.736. The molecule has 1 amide bonds. The van der Waals surface area contributed by atoms with Crippen LogP contribution < -0.4 is 5.32 Å². The molecule has 0 aliphatic carbocycles.